The van der Waals surface area contributed by atoms with Crippen LogP contribution in [0.5, 0.6) is 0 Å². The number of likely N-dealkylation sites (tertiary alicyclic amines) is 1. The molecule has 0 aliphatic carbocycles. The highest BCUT2D eigenvalue weighted by molar-refractivity contribution is 7.98. The topological polar surface area (TPSA) is 78.9 Å². The molecule has 4 rings (SSSR count). The fourth-order valence-electron chi connectivity index (χ4n) is 5.59. The molecule has 1 amide bonds. The van der Waals surface area contributed by atoms with E-state index in [-0.39, 0.29) is 5.91 Å². The SMILES string of the molecule is CCC1CC(COCc2ccccc2)N(Cc2ccc(C(=O)NC(CCSC)C(=O)O)c(-c3ccccc3C)c2)C1. The average molecular weight is 575 g/mol. The van der Waals surface area contributed by atoms with Gasteiger partial charge in [-0.1, -0.05) is 74.0 Å². The molecule has 0 spiro atoms. The number of hydrogen-bond acceptors (Lipinski definition) is 5. The van der Waals surface area contributed by atoms with Crippen LogP contribution in [0.1, 0.15) is 53.2 Å². The molecule has 3 aromatic rings. The van der Waals surface area contributed by atoms with Gasteiger partial charge in [0.25, 0.3) is 5.91 Å². The molecule has 6 nitrogen and oxygen atoms in total. The number of carbonyl (C=O) groups excluding carboxylic acids is 1. The molecule has 1 heterocycles. The zero-order chi connectivity index (χ0) is 29.2. The van der Waals surface area contributed by atoms with Crippen LogP contribution in [0.2, 0.25) is 0 Å². The van der Waals surface area contributed by atoms with Crippen LogP contribution in [0.4, 0.5) is 0 Å². The predicted octanol–water partition coefficient (Wildman–Crippen LogP) is 6.42. The van der Waals surface area contributed by atoms with E-state index in [0.29, 0.717) is 42.9 Å². The van der Waals surface area contributed by atoms with Gasteiger partial charge in [-0.05, 0) is 77.6 Å². The Balaban J connectivity index is 1.55. The molecular formula is C34H42N2O4S. The van der Waals surface area contributed by atoms with Crippen molar-refractivity contribution in [2.24, 2.45) is 5.92 Å². The summed E-state index contributed by atoms with van der Waals surface area (Å²) in [4.78, 5) is 27.8. The van der Waals surface area contributed by atoms with Crippen molar-refractivity contribution in [2.75, 3.05) is 25.2 Å². The zero-order valence-corrected chi connectivity index (χ0v) is 25.2. The van der Waals surface area contributed by atoms with Crippen LogP contribution in [0.25, 0.3) is 11.1 Å². The van der Waals surface area contributed by atoms with Crippen LogP contribution >= 0.6 is 11.8 Å². The van der Waals surface area contributed by atoms with E-state index >= 15 is 0 Å². The third kappa shape index (κ3) is 8.44. The van der Waals surface area contributed by atoms with E-state index in [9.17, 15) is 14.7 Å². The number of thioether (sulfide) groups is 1. The second kappa shape index (κ2) is 15.2. The van der Waals surface area contributed by atoms with Crippen molar-refractivity contribution >= 4 is 23.6 Å². The Morgan fingerprint density at radius 2 is 1.80 bits per heavy atom. The number of nitrogens with zero attached hydrogens (tertiary/aromatic N) is 1. The first-order valence-electron chi connectivity index (χ1n) is 14.5. The number of carbonyl (C=O) groups is 2. The maximum atomic E-state index is 13.4. The molecule has 1 fully saturated rings. The van der Waals surface area contributed by atoms with Crippen LogP contribution in [-0.2, 0) is 22.7 Å². The molecule has 3 unspecified atom stereocenters. The number of rotatable bonds is 14. The minimum atomic E-state index is -1.01. The third-order valence-electron chi connectivity index (χ3n) is 7.98. The van der Waals surface area contributed by atoms with E-state index < -0.39 is 12.0 Å². The van der Waals surface area contributed by atoms with Gasteiger partial charge in [-0.15, -0.1) is 0 Å². The lowest BCUT2D eigenvalue weighted by Crippen LogP contribution is -2.41. The van der Waals surface area contributed by atoms with Crippen molar-refractivity contribution in [3.8, 4) is 11.1 Å². The molecular weight excluding hydrogens is 532 g/mol. The Morgan fingerprint density at radius 3 is 2.51 bits per heavy atom. The fraction of sp³-hybridized carbons (Fsp3) is 0.412. The number of benzene rings is 3. The number of amides is 1. The number of ether oxygens (including phenoxy) is 1. The number of hydrogen-bond donors (Lipinski definition) is 2. The summed E-state index contributed by atoms with van der Waals surface area (Å²) < 4.78 is 6.16. The highest BCUT2D eigenvalue weighted by atomic mass is 32.2. The van der Waals surface area contributed by atoms with Crippen LogP contribution in [0.3, 0.4) is 0 Å². The van der Waals surface area contributed by atoms with Crippen molar-refractivity contribution in [1.82, 2.24) is 10.2 Å². The Morgan fingerprint density at radius 1 is 1.05 bits per heavy atom. The van der Waals surface area contributed by atoms with Gasteiger partial charge in [0.05, 0.1) is 13.2 Å². The molecule has 2 N–H and O–H groups in total. The Labute approximate surface area is 248 Å². The molecule has 0 saturated carbocycles. The van der Waals surface area contributed by atoms with Crippen LogP contribution < -0.4 is 5.32 Å². The molecule has 0 radical (unpaired) electrons. The summed E-state index contributed by atoms with van der Waals surface area (Å²) in [5.74, 6) is -0.0780. The lowest BCUT2D eigenvalue weighted by molar-refractivity contribution is -0.139. The van der Waals surface area contributed by atoms with Gasteiger partial charge in [-0.3, -0.25) is 9.69 Å². The molecule has 1 aliphatic rings. The summed E-state index contributed by atoms with van der Waals surface area (Å²) in [6.45, 7) is 7.37. The van der Waals surface area contributed by atoms with Gasteiger partial charge in [-0.25, -0.2) is 4.79 Å². The lowest BCUT2D eigenvalue weighted by atomic mass is 9.93. The first kappa shape index (κ1) is 30.8. The summed E-state index contributed by atoms with van der Waals surface area (Å²) in [5.41, 5.74) is 5.67. The monoisotopic (exact) mass is 574 g/mol. The number of carboxylic acids is 1. The lowest BCUT2D eigenvalue weighted by Gasteiger charge is -2.25. The molecule has 7 heteroatoms. The first-order valence-corrected chi connectivity index (χ1v) is 15.9. The van der Waals surface area contributed by atoms with Crippen molar-refractivity contribution in [3.63, 3.8) is 0 Å². The number of aryl methyl sites for hydroxylation is 1. The Kier molecular flexibility index (Phi) is 11.4. The molecule has 218 valence electrons. The van der Waals surface area contributed by atoms with Gasteiger partial charge in [0.1, 0.15) is 6.04 Å². The van der Waals surface area contributed by atoms with E-state index in [1.54, 1.807) is 11.8 Å². The van der Waals surface area contributed by atoms with Gasteiger partial charge in [0.2, 0.25) is 0 Å². The molecule has 1 aliphatic heterocycles. The van der Waals surface area contributed by atoms with Gasteiger partial charge >= 0.3 is 5.97 Å². The van der Waals surface area contributed by atoms with Gasteiger partial charge in [0.15, 0.2) is 0 Å². The van der Waals surface area contributed by atoms with Gasteiger partial charge in [0, 0.05) is 24.7 Å². The van der Waals surface area contributed by atoms with E-state index in [4.69, 9.17) is 4.74 Å². The third-order valence-corrected chi connectivity index (χ3v) is 8.62. The second-order valence-electron chi connectivity index (χ2n) is 10.9. The zero-order valence-electron chi connectivity index (χ0n) is 24.3. The fourth-order valence-corrected chi connectivity index (χ4v) is 6.06. The van der Waals surface area contributed by atoms with Gasteiger partial charge in [-0.2, -0.15) is 11.8 Å². The van der Waals surface area contributed by atoms with Crippen molar-refractivity contribution in [2.45, 2.75) is 58.3 Å². The van der Waals surface area contributed by atoms with E-state index in [1.165, 1.54) is 5.56 Å². The average Bonchev–Trinajstić information content (AvgIpc) is 3.37. The quantitative estimate of drug-likeness (QED) is 0.232. The smallest absolute Gasteiger partial charge is 0.326 e. The predicted molar refractivity (Wildman–Crippen MR) is 167 cm³/mol. The largest absolute Gasteiger partial charge is 0.480 e. The minimum absolute atomic E-state index is 0.335. The van der Waals surface area contributed by atoms with Crippen molar-refractivity contribution in [3.05, 3.63) is 95.1 Å². The summed E-state index contributed by atoms with van der Waals surface area (Å²) >= 11 is 1.57. The summed E-state index contributed by atoms with van der Waals surface area (Å²) in [7, 11) is 0. The highest BCUT2D eigenvalue weighted by Gasteiger charge is 2.31. The molecule has 41 heavy (non-hydrogen) atoms. The van der Waals surface area contributed by atoms with Crippen LogP contribution in [0, 0.1) is 12.8 Å². The molecule has 0 bridgehead atoms. The Bertz CT molecular complexity index is 1300. The van der Waals surface area contributed by atoms with E-state index in [2.05, 4.69) is 35.3 Å². The Hall–Kier alpha value is -3.13. The molecule has 3 atom stereocenters. The first-order chi connectivity index (χ1) is 19.9. The maximum Gasteiger partial charge on any atom is 0.326 e. The normalized spacial score (nSPS) is 17.8. The number of carboxylic acid groups (broad SMARTS) is 1. The minimum Gasteiger partial charge on any atom is -0.480 e. The summed E-state index contributed by atoms with van der Waals surface area (Å²) in [5, 5.41) is 12.5. The van der Waals surface area contributed by atoms with E-state index in [1.807, 2.05) is 67.8 Å². The molecule has 0 aromatic heterocycles. The van der Waals surface area contributed by atoms with E-state index in [0.717, 1.165) is 48.2 Å². The summed E-state index contributed by atoms with van der Waals surface area (Å²) in [6, 6.07) is 23.7. The summed E-state index contributed by atoms with van der Waals surface area (Å²) in [6.07, 6.45) is 4.56. The van der Waals surface area contributed by atoms with Crippen molar-refractivity contribution < 1.29 is 19.4 Å². The second-order valence-corrected chi connectivity index (χ2v) is 11.9. The number of nitrogens with one attached hydrogen (secondary N) is 1. The molecule has 1 saturated heterocycles. The number of aliphatic carboxylic acids is 1. The standard InChI is InChI=1S/C34H42N2O4S/c1-4-25-18-28(23-40-22-26-11-6-5-7-12-26)36(20-25)21-27-14-15-30(31(19-27)29-13-9-8-10-24(29)2)33(37)35-32(34(38)39)16-17-41-3/h5-15,19,25,28,32H,4,16-18,20-23H2,1-3H3,(H,35,37)(H,38,39). The maximum absolute atomic E-state index is 13.4. The molecule has 3 aromatic carbocycles. The van der Waals surface area contributed by atoms with Crippen LogP contribution in [0.15, 0.2) is 72.8 Å². The highest BCUT2D eigenvalue weighted by Crippen LogP contribution is 2.31. The van der Waals surface area contributed by atoms with Gasteiger partial charge < -0.3 is 15.2 Å². The van der Waals surface area contributed by atoms with Crippen LogP contribution in [-0.4, -0.2) is 59.1 Å². The van der Waals surface area contributed by atoms with Crippen molar-refractivity contribution in [1.29, 1.82) is 0 Å².